The molecule has 0 bridgehead atoms. The fourth-order valence-electron chi connectivity index (χ4n) is 3.51. The fourth-order valence-corrected chi connectivity index (χ4v) is 3.51. The standard InChI is InChI=1S/C17H13N3O2.C11H8N2O3/c21-17-16(20-22)15(18-13-9-5-2-6-10-13)14(19-17)11-12-7-3-1-4-8-12;14-10-8(12-11(15)9(10)13-16)6-7-4-2-1-3-5-7/h1-11,22H,(H,19,21);1-6,14H,(H,12,15). The number of para-hydroxylation sites is 1. The van der Waals surface area contributed by atoms with Crippen molar-refractivity contribution in [1.82, 2.24) is 10.6 Å². The first-order chi connectivity index (χ1) is 18.5. The van der Waals surface area contributed by atoms with Crippen LogP contribution in [0.3, 0.4) is 0 Å². The molecule has 1 saturated heterocycles. The molecular weight excluding hydrogens is 486 g/mol. The summed E-state index contributed by atoms with van der Waals surface area (Å²) < 4.78 is 0. The number of aliphatic hydroxyl groups is 1. The summed E-state index contributed by atoms with van der Waals surface area (Å²) in [6.45, 7) is 0. The largest absolute Gasteiger partial charge is 0.504 e. The zero-order chi connectivity index (χ0) is 26.9. The van der Waals surface area contributed by atoms with Crippen LogP contribution in [-0.2, 0) is 9.59 Å². The van der Waals surface area contributed by atoms with Crippen molar-refractivity contribution in [3.05, 3.63) is 130 Å². The van der Waals surface area contributed by atoms with Crippen molar-refractivity contribution in [3.8, 4) is 0 Å². The molecule has 0 spiro atoms. The van der Waals surface area contributed by atoms with E-state index in [1.54, 1.807) is 24.3 Å². The zero-order valence-corrected chi connectivity index (χ0v) is 19.8. The molecule has 2 amide bonds. The van der Waals surface area contributed by atoms with Crippen molar-refractivity contribution >= 4 is 41.1 Å². The van der Waals surface area contributed by atoms with Crippen LogP contribution in [0.4, 0.5) is 5.69 Å². The predicted molar refractivity (Wildman–Crippen MR) is 143 cm³/mol. The average molecular weight is 508 g/mol. The summed E-state index contributed by atoms with van der Waals surface area (Å²) in [7, 11) is 0. The van der Waals surface area contributed by atoms with E-state index >= 15 is 0 Å². The minimum atomic E-state index is -0.685. The lowest BCUT2D eigenvalue weighted by molar-refractivity contribution is -0.116. The van der Waals surface area contributed by atoms with Gasteiger partial charge in [-0.1, -0.05) is 84.0 Å². The van der Waals surface area contributed by atoms with Crippen LogP contribution in [0.25, 0.3) is 12.2 Å². The first-order valence-electron chi connectivity index (χ1n) is 11.3. The molecule has 2 aliphatic rings. The average Bonchev–Trinajstić information content (AvgIpc) is 3.38. The van der Waals surface area contributed by atoms with Gasteiger partial charge in [-0.3, -0.25) is 9.59 Å². The number of nitrogens with one attached hydrogen (secondary N) is 2. The maximum Gasteiger partial charge on any atom is 0.281 e. The van der Waals surface area contributed by atoms with Gasteiger partial charge >= 0.3 is 0 Å². The maximum absolute atomic E-state index is 11.9. The van der Waals surface area contributed by atoms with E-state index in [0.717, 1.165) is 11.1 Å². The number of aliphatic imine (C=N–C) groups is 1. The van der Waals surface area contributed by atoms with Gasteiger partial charge in [0.05, 0.1) is 17.1 Å². The number of oxime groups is 1. The molecule has 0 radical (unpaired) electrons. The molecular formula is C28H21N5O5. The summed E-state index contributed by atoms with van der Waals surface area (Å²) in [6.07, 6.45) is 3.35. The lowest BCUT2D eigenvalue weighted by Gasteiger charge is -2.00. The molecule has 2 heterocycles. The number of allylic oxidation sites excluding steroid dienone is 1. The van der Waals surface area contributed by atoms with Crippen LogP contribution in [-0.4, -0.2) is 33.6 Å². The quantitative estimate of drug-likeness (QED) is 0.233. The van der Waals surface area contributed by atoms with E-state index in [1.807, 2.05) is 78.9 Å². The molecule has 5 rings (SSSR count). The second kappa shape index (κ2) is 11.9. The molecule has 2 aliphatic heterocycles. The van der Waals surface area contributed by atoms with Crippen molar-refractivity contribution < 1.29 is 19.9 Å². The monoisotopic (exact) mass is 507 g/mol. The molecule has 188 valence electrons. The third-order valence-electron chi connectivity index (χ3n) is 5.29. The van der Waals surface area contributed by atoms with E-state index in [2.05, 4.69) is 26.0 Å². The highest BCUT2D eigenvalue weighted by Gasteiger charge is 2.31. The first kappa shape index (κ1) is 25.5. The second-order valence-electron chi connectivity index (χ2n) is 7.88. The number of benzene rings is 3. The number of hydrogen-bond acceptors (Lipinski definition) is 8. The van der Waals surface area contributed by atoms with Gasteiger partial charge in [-0.15, -0.1) is 4.91 Å². The summed E-state index contributed by atoms with van der Waals surface area (Å²) in [5, 5.41) is 29.2. The number of rotatable bonds is 4. The van der Waals surface area contributed by atoms with Crippen molar-refractivity contribution in [1.29, 1.82) is 0 Å². The number of aliphatic hydroxyl groups excluding tert-OH is 1. The molecule has 0 aromatic heterocycles. The lowest BCUT2D eigenvalue weighted by atomic mass is 10.1. The Morgan fingerprint density at radius 3 is 1.66 bits per heavy atom. The van der Waals surface area contributed by atoms with Crippen LogP contribution in [0.2, 0.25) is 0 Å². The number of nitroso groups, excluding NO2 is 1. The van der Waals surface area contributed by atoms with E-state index in [9.17, 15) is 19.6 Å². The molecule has 0 unspecified atom stereocenters. The summed E-state index contributed by atoms with van der Waals surface area (Å²) in [5.41, 5.74) is 2.83. The number of carbonyl (C=O) groups excluding carboxylic acids is 2. The molecule has 3 aromatic carbocycles. The Hall–Kier alpha value is -5.64. The summed E-state index contributed by atoms with van der Waals surface area (Å²) in [6, 6.07) is 27.8. The van der Waals surface area contributed by atoms with Crippen molar-refractivity contribution in [2.75, 3.05) is 0 Å². The van der Waals surface area contributed by atoms with E-state index in [1.165, 1.54) is 0 Å². The maximum atomic E-state index is 11.9. The van der Waals surface area contributed by atoms with Gasteiger partial charge in [0.15, 0.2) is 11.5 Å². The first-order valence-corrected chi connectivity index (χ1v) is 11.3. The molecule has 0 aliphatic carbocycles. The lowest BCUT2D eigenvalue weighted by Crippen LogP contribution is -2.19. The molecule has 0 saturated carbocycles. The molecule has 1 fully saturated rings. The third kappa shape index (κ3) is 5.94. The molecule has 10 heteroatoms. The van der Waals surface area contributed by atoms with Crippen LogP contribution in [0.1, 0.15) is 11.1 Å². The highest BCUT2D eigenvalue weighted by Crippen LogP contribution is 2.21. The van der Waals surface area contributed by atoms with Gasteiger partial charge in [0.25, 0.3) is 11.8 Å². The van der Waals surface area contributed by atoms with Gasteiger partial charge in [-0.25, -0.2) is 4.99 Å². The van der Waals surface area contributed by atoms with Crippen LogP contribution in [0.5, 0.6) is 0 Å². The number of nitrogens with zero attached hydrogens (tertiary/aromatic N) is 3. The van der Waals surface area contributed by atoms with Crippen LogP contribution < -0.4 is 10.6 Å². The Labute approximate surface area is 217 Å². The smallest absolute Gasteiger partial charge is 0.281 e. The van der Waals surface area contributed by atoms with Crippen LogP contribution in [0.15, 0.2) is 129 Å². The SMILES string of the molecule is O=C1NC(=Cc2ccccc2)C(=Nc2ccccc2)C1=NO.O=NC1=C(O)C(=Cc2ccccc2)NC1=O. The Kier molecular flexibility index (Phi) is 7.95. The minimum absolute atomic E-state index is 0.0916. The van der Waals surface area contributed by atoms with E-state index < -0.39 is 23.3 Å². The Morgan fingerprint density at radius 2 is 1.16 bits per heavy atom. The van der Waals surface area contributed by atoms with E-state index in [4.69, 9.17) is 5.21 Å². The van der Waals surface area contributed by atoms with Gasteiger partial charge in [-0.2, -0.15) is 0 Å². The number of hydrogen-bond donors (Lipinski definition) is 4. The van der Waals surface area contributed by atoms with Crippen molar-refractivity contribution in [3.63, 3.8) is 0 Å². The second-order valence-corrected chi connectivity index (χ2v) is 7.88. The molecule has 10 nitrogen and oxygen atoms in total. The van der Waals surface area contributed by atoms with Crippen LogP contribution >= 0.6 is 0 Å². The Balaban J connectivity index is 0.000000186. The molecule has 0 atom stereocenters. The Morgan fingerprint density at radius 1 is 0.658 bits per heavy atom. The highest BCUT2D eigenvalue weighted by molar-refractivity contribution is 6.74. The number of amides is 2. The minimum Gasteiger partial charge on any atom is -0.504 e. The molecule has 3 aromatic rings. The van der Waals surface area contributed by atoms with Gasteiger partial charge in [0.1, 0.15) is 5.71 Å². The van der Waals surface area contributed by atoms with Crippen molar-refractivity contribution in [2.24, 2.45) is 15.3 Å². The van der Waals surface area contributed by atoms with Gasteiger partial charge in [-0.05, 0) is 40.6 Å². The zero-order valence-electron chi connectivity index (χ0n) is 19.8. The molecule has 4 N–H and O–H groups in total. The summed E-state index contributed by atoms with van der Waals surface area (Å²) in [4.78, 5) is 37.7. The summed E-state index contributed by atoms with van der Waals surface area (Å²) in [5.74, 6) is -1.57. The number of carbonyl (C=O) groups is 2. The Bertz CT molecular complexity index is 1510. The highest BCUT2D eigenvalue weighted by atomic mass is 16.4. The normalized spacial score (nSPS) is 18.9. The summed E-state index contributed by atoms with van der Waals surface area (Å²) >= 11 is 0. The topological polar surface area (TPSA) is 153 Å². The van der Waals surface area contributed by atoms with Crippen molar-refractivity contribution in [2.45, 2.75) is 0 Å². The van der Waals surface area contributed by atoms with Gasteiger partial charge in [0, 0.05) is 0 Å². The van der Waals surface area contributed by atoms with E-state index in [-0.39, 0.29) is 11.4 Å². The van der Waals surface area contributed by atoms with Gasteiger partial charge in [0.2, 0.25) is 5.70 Å². The fraction of sp³-hybridized carbons (Fsp3) is 0. The van der Waals surface area contributed by atoms with Crippen LogP contribution in [0, 0.1) is 4.91 Å². The third-order valence-corrected chi connectivity index (χ3v) is 5.29. The van der Waals surface area contributed by atoms with Gasteiger partial charge < -0.3 is 20.9 Å². The van der Waals surface area contributed by atoms with E-state index in [0.29, 0.717) is 17.1 Å². The molecule has 38 heavy (non-hydrogen) atoms. The predicted octanol–water partition coefficient (Wildman–Crippen LogP) is 4.45.